The van der Waals surface area contributed by atoms with Gasteiger partial charge in [-0.2, -0.15) is 5.26 Å². The van der Waals surface area contributed by atoms with E-state index in [1.54, 1.807) is 6.07 Å². The molecule has 0 amide bonds. The van der Waals surface area contributed by atoms with Gasteiger partial charge in [0.15, 0.2) is 0 Å². The summed E-state index contributed by atoms with van der Waals surface area (Å²) in [4.78, 5) is 0. The first-order valence-electron chi connectivity index (χ1n) is 7.18. The number of nitrogens with one attached hydrogen (secondary N) is 1. The first-order valence-corrected chi connectivity index (χ1v) is 7.56. The molecule has 0 bridgehead atoms. The van der Waals surface area contributed by atoms with Gasteiger partial charge < -0.3 is 5.32 Å². The average Bonchev–Trinajstić information content (AvgIpc) is 2.44. The second kappa shape index (κ2) is 5.79. The van der Waals surface area contributed by atoms with Crippen molar-refractivity contribution in [1.29, 1.82) is 5.26 Å². The Bertz CT molecular complexity index is 697. The van der Waals surface area contributed by atoms with Crippen molar-refractivity contribution < 1.29 is 0 Å². The predicted octanol–water partition coefficient (Wildman–Crippen LogP) is 4.88. The molecule has 1 N–H and O–H groups in total. The summed E-state index contributed by atoms with van der Waals surface area (Å²) in [6, 6.07) is 16.9. The molecule has 106 valence electrons. The van der Waals surface area contributed by atoms with Gasteiger partial charge in [-0.25, -0.2) is 0 Å². The Morgan fingerprint density at radius 2 is 2.00 bits per heavy atom. The maximum absolute atomic E-state index is 9.00. The van der Waals surface area contributed by atoms with Crippen molar-refractivity contribution in [3.8, 4) is 6.07 Å². The van der Waals surface area contributed by atoms with Crippen LogP contribution < -0.4 is 5.32 Å². The number of benzene rings is 2. The molecule has 1 aliphatic rings. The van der Waals surface area contributed by atoms with Gasteiger partial charge >= 0.3 is 0 Å². The number of hydrogen-bond acceptors (Lipinski definition) is 2. The molecule has 0 aromatic heterocycles. The van der Waals surface area contributed by atoms with Crippen LogP contribution in [0.25, 0.3) is 0 Å². The molecule has 3 rings (SSSR count). The van der Waals surface area contributed by atoms with E-state index >= 15 is 0 Å². The molecule has 1 saturated carbocycles. The Kier molecular flexibility index (Phi) is 3.86. The number of nitriles is 1. The molecule has 2 aromatic rings. The lowest BCUT2D eigenvalue weighted by Crippen LogP contribution is -2.34. The van der Waals surface area contributed by atoms with Crippen LogP contribution in [0.3, 0.4) is 0 Å². The lowest BCUT2D eigenvalue weighted by Gasteiger charge is -2.37. The molecule has 0 aliphatic heterocycles. The summed E-state index contributed by atoms with van der Waals surface area (Å²) in [5, 5.41) is 13.0. The molecule has 2 nitrogen and oxygen atoms in total. The van der Waals surface area contributed by atoms with Crippen LogP contribution in [0.5, 0.6) is 0 Å². The van der Waals surface area contributed by atoms with Gasteiger partial charge in [0.2, 0.25) is 0 Å². The number of aryl methyl sites for hydroxylation is 1. The number of nitrogens with zero attached hydrogens (tertiary/aromatic N) is 1. The van der Waals surface area contributed by atoms with E-state index < -0.39 is 0 Å². The molecule has 0 radical (unpaired) electrons. The van der Waals surface area contributed by atoms with E-state index in [9.17, 15) is 0 Å². The highest BCUT2D eigenvalue weighted by molar-refractivity contribution is 6.31. The fourth-order valence-electron chi connectivity index (χ4n) is 2.87. The molecule has 0 atom stereocenters. The molecule has 3 heteroatoms. The molecular weight excluding hydrogens is 280 g/mol. The number of halogens is 1. The lowest BCUT2D eigenvalue weighted by molar-refractivity contribution is 0.374. The number of hydrogen-bond donors (Lipinski definition) is 1. The second-order valence-electron chi connectivity index (χ2n) is 5.73. The summed E-state index contributed by atoms with van der Waals surface area (Å²) in [6.07, 6.45) is 2.27. The van der Waals surface area contributed by atoms with Crippen LogP contribution in [0.2, 0.25) is 5.02 Å². The normalized spacial score (nSPS) is 20.4. The van der Waals surface area contributed by atoms with Crippen LogP contribution in [0.1, 0.15) is 35.4 Å². The maximum Gasteiger partial charge on any atom is 0.101 e. The highest BCUT2D eigenvalue weighted by atomic mass is 35.5. The third kappa shape index (κ3) is 3.04. The zero-order chi connectivity index (χ0) is 14.8. The minimum atomic E-state index is 0.475. The molecule has 1 fully saturated rings. The van der Waals surface area contributed by atoms with Crippen LogP contribution in [0.15, 0.2) is 42.5 Å². The van der Waals surface area contributed by atoms with Gasteiger partial charge in [0.05, 0.1) is 10.6 Å². The summed E-state index contributed by atoms with van der Waals surface area (Å²) < 4.78 is 0. The maximum atomic E-state index is 9.00. The lowest BCUT2D eigenvalue weighted by atomic mass is 9.75. The second-order valence-corrected chi connectivity index (χ2v) is 6.14. The van der Waals surface area contributed by atoms with Gasteiger partial charge in [-0.1, -0.05) is 41.4 Å². The highest BCUT2D eigenvalue weighted by Crippen LogP contribution is 2.38. The van der Waals surface area contributed by atoms with E-state index in [0.717, 1.165) is 18.5 Å². The summed E-state index contributed by atoms with van der Waals surface area (Å²) in [7, 11) is 0. The van der Waals surface area contributed by atoms with Gasteiger partial charge in [-0.15, -0.1) is 0 Å². The summed E-state index contributed by atoms with van der Waals surface area (Å²) in [6.45, 7) is 2.13. The Morgan fingerprint density at radius 3 is 2.71 bits per heavy atom. The first kappa shape index (κ1) is 14.0. The summed E-state index contributed by atoms with van der Waals surface area (Å²) in [5.74, 6) is 0.644. The monoisotopic (exact) mass is 296 g/mol. The molecule has 0 unspecified atom stereocenters. The molecule has 21 heavy (non-hydrogen) atoms. The summed E-state index contributed by atoms with van der Waals surface area (Å²) >= 11 is 5.95. The Labute approximate surface area is 130 Å². The van der Waals surface area contributed by atoms with E-state index in [2.05, 4.69) is 42.6 Å². The Hall–Kier alpha value is -1.98. The fourth-order valence-corrected chi connectivity index (χ4v) is 3.03. The van der Waals surface area contributed by atoms with Crippen molar-refractivity contribution in [2.45, 2.75) is 31.7 Å². The van der Waals surface area contributed by atoms with Gasteiger partial charge in [0.25, 0.3) is 0 Å². The van der Waals surface area contributed by atoms with Crippen molar-refractivity contribution in [2.75, 3.05) is 5.32 Å². The standard InChI is InChI=1S/C18H17ClN2/c1-12-3-2-4-13(7-12)14-8-17(9-14)21-16-5-6-18(19)15(10-16)11-20/h2-7,10,14,17,21H,8-9H2,1H3. The molecule has 0 spiro atoms. The molecular formula is C18H17ClN2. The van der Waals surface area contributed by atoms with Gasteiger partial charge in [0, 0.05) is 11.7 Å². The van der Waals surface area contributed by atoms with Gasteiger partial charge in [-0.05, 0) is 49.4 Å². The van der Waals surface area contributed by atoms with Crippen LogP contribution in [-0.2, 0) is 0 Å². The topological polar surface area (TPSA) is 35.8 Å². The minimum Gasteiger partial charge on any atom is -0.382 e. The quantitative estimate of drug-likeness (QED) is 0.876. The van der Waals surface area contributed by atoms with Crippen LogP contribution >= 0.6 is 11.6 Å². The molecule has 1 aliphatic carbocycles. The minimum absolute atomic E-state index is 0.475. The van der Waals surface area contributed by atoms with Gasteiger partial charge in [-0.3, -0.25) is 0 Å². The highest BCUT2D eigenvalue weighted by Gasteiger charge is 2.30. The fraction of sp³-hybridized carbons (Fsp3) is 0.278. The molecule has 0 saturated heterocycles. The van der Waals surface area contributed by atoms with Crippen LogP contribution in [0.4, 0.5) is 5.69 Å². The van der Waals surface area contributed by atoms with Crippen molar-refractivity contribution in [1.82, 2.24) is 0 Å². The van der Waals surface area contributed by atoms with E-state index in [1.165, 1.54) is 11.1 Å². The average molecular weight is 297 g/mol. The first-order chi connectivity index (χ1) is 10.2. The van der Waals surface area contributed by atoms with E-state index in [0.29, 0.717) is 22.5 Å². The largest absolute Gasteiger partial charge is 0.382 e. The van der Waals surface area contributed by atoms with Crippen molar-refractivity contribution >= 4 is 17.3 Å². The van der Waals surface area contributed by atoms with E-state index in [4.69, 9.17) is 16.9 Å². The smallest absolute Gasteiger partial charge is 0.101 e. The van der Waals surface area contributed by atoms with Crippen LogP contribution in [-0.4, -0.2) is 6.04 Å². The van der Waals surface area contributed by atoms with Gasteiger partial charge in [0.1, 0.15) is 6.07 Å². The zero-order valence-electron chi connectivity index (χ0n) is 11.9. The zero-order valence-corrected chi connectivity index (χ0v) is 12.7. The third-order valence-electron chi connectivity index (χ3n) is 4.11. The number of rotatable bonds is 3. The van der Waals surface area contributed by atoms with Crippen molar-refractivity contribution in [2.24, 2.45) is 0 Å². The Morgan fingerprint density at radius 1 is 1.19 bits per heavy atom. The third-order valence-corrected chi connectivity index (χ3v) is 4.44. The predicted molar refractivity (Wildman–Crippen MR) is 86.7 cm³/mol. The van der Waals surface area contributed by atoms with E-state index in [1.807, 2.05) is 12.1 Å². The Balaban J connectivity index is 1.61. The van der Waals surface area contributed by atoms with Crippen molar-refractivity contribution in [3.05, 3.63) is 64.2 Å². The molecule has 0 heterocycles. The SMILES string of the molecule is Cc1cccc(C2CC(Nc3ccc(Cl)c(C#N)c3)C2)c1. The van der Waals surface area contributed by atoms with E-state index in [-0.39, 0.29) is 0 Å². The molecule has 2 aromatic carbocycles. The summed E-state index contributed by atoms with van der Waals surface area (Å²) in [5.41, 5.74) is 4.25. The van der Waals surface area contributed by atoms with Crippen LogP contribution in [0, 0.1) is 18.3 Å². The van der Waals surface area contributed by atoms with Crippen molar-refractivity contribution in [3.63, 3.8) is 0 Å². The number of anilines is 1.